The molecule has 0 spiro atoms. The van der Waals surface area contributed by atoms with Gasteiger partial charge in [-0.25, -0.2) is 20.2 Å². The minimum Gasteiger partial charge on any atom is -0.347 e. The summed E-state index contributed by atoms with van der Waals surface area (Å²) in [5.74, 6) is 4.96. The van der Waals surface area contributed by atoms with E-state index < -0.39 is 0 Å². The maximum absolute atomic E-state index is 13.5. The Morgan fingerprint density at radius 1 is 1.24 bits per heavy atom. The third kappa shape index (κ3) is 3.51. The predicted octanol–water partition coefficient (Wildman–Crippen LogP) is 1.45. The van der Waals surface area contributed by atoms with E-state index in [1.165, 1.54) is 12.4 Å². The van der Waals surface area contributed by atoms with Gasteiger partial charge in [0.2, 0.25) is 0 Å². The number of nitrogens with one attached hydrogen (secondary N) is 2. The summed E-state index contributed by atoms with van der Waals surface area (Å²) in [4.78, 5) is 19.8. The van der Waals surface area contributed by atoms with Gasteiger partial charge >= 0.3 is 0 Å². The topological polar surface area (TPSA) is 92.9 Å². The van der Waals surface area contributed by atoms with Gasteiger partial charge in [-0.05, 0) is 30.5 Å². The Kier molecular flexibility index (Phi) is 4.44. The van der Waals surface area contributed by atoms with Crippen LogP contribution in [0.1, 0.15) is 27.2 Å². The van der Waals surface area contributed by atoms with Gasteiger partial charge in [0.1, 0.15) is 11.5 Å². The molecule has 0 aliphatic rings. The molecule has 0 atom stereocenters. The normalized spacial score (nSPS) is 10.3. The first kappa shape index (κ1) is 14.9. The molecule has 7 heteroatoms. The van der Waals surface area contributed by atoms with Gasteiger partial charge in [0, 0.05) is 6.54 Å². The number of halogens is 1. The Hall–Kier alpha value is -2.54. The third-order valence-corrected chi connectivity index (χ3v) is 2.98. The molecule has 0 saturated heterocycles. The second kappa shape index (κ2) is 6.27. The minimum atomic E-state index is -0.356. The lowest BCUT2D eigenvalue weighted by molar-refractivity contribution is 0.0945. The zero-order valence-electron chi connectivity index (χ0n) is 11.8. The molecule has 2 aromatic rings. The summed E-state index contributed by atoms with van der Waals surface area (Å²) in [6, 6.07) is 3.41. The molecule has 1 aromatic heterocycles. The van der Waals surface area contributed by atoms with Crippen LogP contribution in [0.15, 0.2) is 24.5 Å². The highest BCUT2D eigenvalue weighted by atomic mass is 19.1. The monoisotopic (exact) mass is 289 g/mol. The summed E-state index contributed by atoms with van der Waals surface area (Å²) in [6.45, 7) is 3.68. The Morgan fingerprint density at radius 2 is 1.90 bits per heavy atom. The Morgan fingerprint density at radius 3 is 2.43 bits per heavy atom. The summed E-state index contributed by atoms with van der Waals surface area (Å²) in [5.41, 5.74) is 4.45. The van der Waals surface area contributed by atoms with Gasteiger partial charge in [0.15, 0.2) is 5.82 Å². The quantitative estimate of drug-likeness (QED) is 0.585. The maximum Gasteiger partial charge on any atom is 0.271 e. The van der Waals surface area contributed by atoms with E-state index in [1.807, 2.05) is 0 Å². The summed E-state index contributed by atoms with van der Waals surface area (Å²) < 4.78 is 13.5. The number of benzene rings is 1. The fourth-order valence-electron chi connectivity index (χ4n) is 1.93. The zero-order chi connectivity index (χ0) is 15.4. The molecular weight excluding hydrogens is 273 g/mol. The van der Waals surface area contributed by atoms with Gasteiger partial charge in [-0.1, -0.05) is 12.1 Å². The van der Waals surface area contributed by atoms with Gasteiger partial charge in [0.25, 0.3) is 5.91 Å². The SMILES string of the molecule is Cc1cc(CNC(=O)c2cnc(NN)cn2)cc(C)c1F. The summed E-state index contributed by atoms with van der Waals surface area (Å²) in [7, 11) is 0. The molecule has 0 aliphatic heterocycles. The first-order chi connectivity index (χ1) is 10.0. The van der Waals surface area contributed by atoms with E-state index in [0.717, 1.165) is 5.56 Å². The van der Waals surface area contributed by atoms with Crippen molar-refractivity contribution in [3.8, 4) is 0 Å². The molecular formula is C14H16FN5O. The summed E-state index contributed by atoms with van der Waals surface area (Å²) >= 11 is 0. The van der Waals surface area contributed by atoms with E-state index in [0.29, 0.717) is 23.5 Å². The number of nitrogens with zero attached hydrogens (tertiary/aromatic N) is 2. The Labute approximate surface area is 121 Å². The lowest BCUT2D eigenvalue weighted by Gasteiger charge is -2.08. The predicted molar refractivity (Wildman–Crippen MR) is 76.9 cm³/mol. The van der Waals surface area contributed by atoms with Crippen LogP contribution in [0.3, 0.4) is 0 Å². The number of nitrogen functional groups attached to an aromatic ring is 1. The van der Waals surface area contributed by atoms with Crippen molar-refractivity contribution in [1.29, 1.82) is 0 Å². The van der Waals surface area contributed by atoms with E-state index in [1.54, 1.807) is 26.0 Å². The highest BCUT2D eigenvalue weighted by Gasteiger charge is 2.09. The molecule has 6 nitrogen and oxygen atoms in total. The largest absolute Gasteiger partial charge is 0.347 e. The molecule has 1 heterocycles. The van der Waals surface area contributed by atoms with Crippen molar-refractivity contribution in [3.63, 3.8) is 0 Å². The molecule has 0 fully saturated rings. The molecule has 1 aromatic carbocycles. The molecule has 0 unspecified atom stereocenters. The lowest BCUT2D eigenvalue weighted by Crippen LogP contribution is -2.24. The van der Waals surface area contributed by atoms with Gasteiger partial charge in [-0.15, -0.1) is 0 Å². The lowest BCUT2D eigenvalue weighted by atomic mass is 10.1. The molecule has 0 bridgehead atoms. The van der Waals surface area contributed by atoms with Gasteiger partial charge in [-0.3, -0.25) is 4.79 Å². The number of rotatable bonds is 4. The zero-order valence-corrected chi connectivity index (χ0v) is 11.8. The fraction of sp³-hybridized carbons (Fsp3) is 0.214. The smallest absolute Gasteiger partial charge is 0.271 e. The van der Waals surface area contributed by atoms with Crippen molar-refractivity contribution in [2.24, 2.45) is 5.84 Å². The van der Waals surface area contributed by atoms with Crippen LogP contribution in [0.2, 0.25) is 0 Å². The van der Waals surface area contributed by atoms with E-state index in [2.05, 4.69) is 20.7 Å². The van der Waals surface area contributed by atoms with Crippen LogP contribution in [0, 0.1) is 19.7 Å². The molecule has 4 N–H and O–H groups in total. The van der Waals surface area contributed by atoms with Crippen molar-refractivity contribution in [1.82, 2.24) is 15.3 Å². The molecule has 21 heavy (non-hydrogen) atoms. The molecule has 0 aliphatic carbocycles. The molecule has 1 amide bonds. The van der Waals surface area contributed by atoms with E-state index in [-0.39, 0.29) is 17.4 Å². The summed E-state index contributed by atoms with van der Waals surface area (Å²) in [5, 5.41) is 2.71. The first-order valence-electron chi connectivity index (χ1n) is 6.33. The van der Waals surface area contributed by atoms with E-state index >= 15 is 0 Å². The van der Waals surface area contributed by atoms with Crippen molar-refractivity contribution in [3.05, 3.63) is 52.7 Å². The number of carbonyl (C=O) groups is 1. The van der Waals surface area contributed by atoms with Crippen LogP contribution in [-0.2, 0) is 6.54 Å². The number of amides is 1. The maximum atomic E-state index is 13.5. The van der Waals surface area contributed by atoms with Gasteiger partial charge in [0.05, 0.1) is 12.4 Å². The van der Waals surface area contributed by atoms with Gasteiger partial charge in [-0.2, -0.15) is 0 Å². The minimum absolute atomic E-state index is 0.185. The van der Waals surface area contributed by atoms with Crippen LogP contribution < -0.4 is 16.6 Å². The average Bonchev–Trinajstić information content (AvgIpc) is 2.50. The van der Waals surface area contributed by atoms with Crippen molar-refractivity contribution >= 4 is 11.7 Å². The number of hydrogen-bond acceptors (Lipinski definition) is 5. The number of nitrogens with two attached hydrogens (primary N) is 1. The third-order valence-electron chi connectivity index (χ3n) is 2.98. The van der Waals surface area contributed by atoms with Gasteiger partial charge < -0.3 is 10.7 Å². The van der Waals surface area contributed by atoms with Crippen LogP contribution in [0.25, 0.3) is 0 Å². The van der Waals surface area contributed by atoms with Crippen molar-refractivity contribution in [2.75, 3.05) is 5.43 Å². The number of anilines is 1. The number of aryl methyl sites for hydroxylation is 2. The second-order valence-electron chi connectivity index (χ2n) is 4.66. The van der Waals surface area contributed by atoms with Crippen LogP contribution in [0.4, 0.5) is 10.2 Å². The number of hydrogen-bond donors (Lipinski definition) is 3. The van der Waals surface area contributed by atoms with Crippen molar-refractivity contribution in [2.45, 2.75) is 20.4 Å². The standard InChI is InChI=1S/C14H16FN5O/c1-8-3-10(4-9(2)13(8)15)5-19-14(21)11-6-18-12(20-16)7-17-11/h3-4,6-7H,5,16H2,1-2H3,(H,18,20)(H,19,21). The number of carbonyl (C=O) groups excluding carboxylic acids is 1. The number of hydrazine groups is 1. The first-order valence-corrected chi connectivity index (χ1v) is 6.33. The highest BCUT2D eigenvalue weighted by Crippen LogP contribution is 2.14. The second-order valence-corrected chi connectivity index (χ2v) is 4.66. The fourth-order valence-corrected chi connectivity index (χ4v) is 1.93. The molecule has 0 saturated carbocycles. The van der Waals surface area contributed by atoms with Crippen LogP contribution in [-0.4, -0.2) is 15.9 Å². The highest BCUT2D eigenvalue weighted by molar-refractivity contribution is 5.91. The molecule has 2 rings (SSSR count). The number of aromatic nitrogens is 2. The Bertz CT molecular complexity index is 634. The van der Waals surface area contributed by atoms with E-state index in [9.17, 15) is 9.18 Å². The van der Waals surface area contributed by atoms with Crippen LogP contribution >= 0.6 is 0 Å². The molecule has 0 radical (unpaired) electrons. The summed E-state index contributed by atoms with van der Waals surface area (Å²) in [6.07, 6.45) is 2.69. The van der Waals surface area contributed by atoms with E-state index in [4.69, 9.17) is 5.84 Å². The van der Waals surface area contributed by atoms with Crippen LogP contribution in [0.5, 0.6) is 0 Å². The molecule has 110 valence electrons. The average molecular weight is 289 g/mol. The Balaban J connectivity index is 2.03. The van der Waals surface area contributed by atoms with Crippen molar-refractivity contribution < 1.29 is 9.18 Å².